The van der Waals surface area contributed by atoms with E-state index in [1.807, 2.05) is 6.92 Å². The third-order valence-corrected chi connectivity index (χ3v) is 5.36. The van der Waals surface area contributed by atoms with Crippen LogP contribution in [0.25, 0.3) is 0 Å². The van der Waals surface area contributed by atoms with Gasteiger partial charge in [0.05, 0.1) is 18.5 Å². The van der Waals surface area contributed by atoms with Crippen molar-refractivity contribution in [3.8, 4) is 5.75 Å². The molecule has 3 rings (SSSR count). The van der Waals surface area contributed by atoms with Crippen LogP contribution in [0.5, 0.6) is 5.75 Å². The second-order valence-corrected chi connectivity index (χ2v) is 7.18. The predicted octanol–water partition coefficient (Wildman–Crippen LogP) is 3.81. The Bertz CT molecular complexity index is 902. The number of nitrogens with one attached hydrogen (secondary N) is 1. The van der Waals surface area contributed by atoms with E-state index in [0.717, 1.165) is 0 Å². The molecule has 1 saturated heterocycles. The van der Waals surface area contributed by atoms with Crippen LogP contribution in [0.3, 0.4) is 0 Å². The molecule has 2 aromatic rings. The number of para-hydroxylation sites is 1. The number of ether oxygens (including phenoxy) is 1. The van der Waals surface area contributed by atoms with E-state index in [9.17, 15) is 14.0 Å². The molecule has 1 heterocycles. The molecule has 0 aromatic heterocycles. The summed E-state index contributed by atoms with van der Waals surface area (Å²) in [5.41, 5.74) is 0.733. The number of benzene rings is 2. The second-order valence-electron chi connectivity index (χ2n) is 6.01. The first kappa shape index (κ1) is 19.9. The summed E-state index contributed by atoms with van der Waals surface area (Å²) in [5.74, 6) is -0.445. The molecule has 6 nitrogen and oxygen atoms in total. The van der Waals surface area contributed by atoms with Gasteiger partial charge in [0.15, 0.2) is 5.17 Å². The van der Waals surface area contributed by atoms with Gasteiger partial charge in [-0.05, 0) is 43.3 Å². The summed E-state index contributed by atoms with van der Waals surface area (Å²) in [6, 6.07) is 13.0. The van der Waals surface area contributed by atoms with Crippen LogP contribution in [0.15, 0.2) is 53.5 Å². The van der Waals surface area contributed by atoms with Crippen molar-refractivity contribution in [2.75, 3.05) is 19.0 Å². The fourth-order valence-corrected chi connectivity index (χ4v) is 3.86. The van der Waals surface area contributed by atoms with Crippen molar-refractivity contribution in [3.63, 3.8) is 0 Å². The highest BCUT2D eigenvalue weighted by Gasteiger charge is 2.35. The van der Waals surface area contributed by atoms with Gasteiger partial charge < -0.3 is 10.1 Å². The average molecular weight is 401 g/mol. The van der Waals surface area contributed by atoms with Crippen LogP contribution in [0.4, 0.5) is 15.8 Å². The third-order valence-electron chi connectivity index (χ3n) is 4.18. The molecule has 146 valence electrons. The Balaban J connectivity index is 1.81. The topological polar surface area (TPSA) is 71.0 Å². The molecule has 1 aliphatic rings. The minimum atomic E-state index is -0.688. The van der Waals surface area contributed by atoms with Gasteiger partial charge in [-0.25, -0.2) is 9.38 Å². The lowest BCUT2D eigenvalue weighted by Gasteiger charge is -2.30. The lowest BCUT2D eigenvalue weighted by molar-refractivity contribution is -0.129. The molecule has 0 aliphatic carbocycles. The summed E-state index contributed by atoms with van der Waals surface area (Å²) in [6.07, 6.45) is 0.0282. The average Bonchev–Trinajstić information content (AvgIpc) is 2.70. The number of halogens is 1. The highest BCUT2D eigenvalue weighted by Crippen LogP contribution is 2.30. The van der Waals surface area contributed by atoms with Crippen LogP contribution in [-0.4, -0.2) is 40.8 Å². The Morgan fingerprint density at radius 2 is 2.00 bits per heavy atom. The molecule has 1 fully saturated rings. The van der Waals surface area contributed by atoms with E-state index in [2.05, 4.69) is 10.3 Å². The summed E-state index contributed by atoms with van der Waals surface area (Å²) in [4.78, 5) is 31.2. The van der Waals surface area contributed by atoms with Crippen molar-refractivity contribution in [2.45, 2.75) is 18.6 Å². The molecule has 28 heavy (non-hydrogen) atoms. The van der Waals surface area contributed by atoms with Crippen LogP contribution in [0, 0.1) is 5.82 Å². The molecule has 0 radical (unpaired) electrons. The minimum absolute atomic E-state index is 0.0282. The quantitative estimate of drug-likeness (QED) is 0.827. The van der Waals surface area contributed by atoms with Crippen LogP contribution < -0.4 is 10.1 Å². The van der Waals surface area contributed by atoms with Crippen LogP contribution in [-0.2, 0) is 9.59 Å². The fourth-order valence-electron chi connectivity index (χ4n) is 2.70. The Kier molecular flexibility index (Phi) is 6.30. The molecule has 1 aliphatic heterocycles. The normalized spacial score (nSPS) is 18.2. The smallest absolute Gasteiger partial charge is 0.238 e. The van der Waals surface area contributed by atoms with Crippen molar-refractivity contribution < 1.29 is 18.7 Å². The Labute approximate surface area is 166 Å². The molecule has 2 amide bonds. The molecule has 1 unspecified atom stereocenters. The monoisotopic (exact) mass is 401 g/mol. The number of thioether (sulfide) groups is 1. The zero-order valence-corrected chi connectivity index (χ0v) is 16.3. The lowest BCUT2D eigenvalue weighted by atomic mass is 10.2. The van der Waals surface area contributed by atoms with Crippen LogP contribution in [0.2, 0.25) is 0 Å². The van der Waals surface area contributed by atoms with Gasteiger partial charge in [-0.2, -0.15) is 0 Å². The first-order chi connectivity index (χ1) is 13.5. The maximum atomic E-state index is 13.8. The van der Waals surface area contributed by atoms with Gasteiger partial charge in [-0.15, -0.1) is 0 Å². The number of methoxy groups -OCH3 is 1. The molecule has 8 heteroatoms. The van der Waals surface area contributed by atoms with Crippen molar-refractivity contribution in [1.29, 1.82) is 0 Å². The van der Waals surface area contributed by atoms with Crippen LogP contribution in [0.1, 0.15) is 13.3 Å². The van der Waals surface area contributed by atoms with Gasteiger partial charge in [0, 0.05) is 13.0 Å². The Morgan fingerprint density at radius 3 is 2.64 bits per heavy atom. The first-order valence-corrected chi connectivity index (χ1v) is 9.65. The number of carbonyl (C=O) groups is 2. The maximum Gasteiger partial charge on any atom is 0.238 e. The molecular formula is C20H20FN3O3S. The van der Waals surface area contributed by atoms with E-state index in [1.54, 1.807) is 48.4 Å². The van der Waals surface area contributed by atoms with E-state index in [4.69, 9.17) is 4.74 Å². The minimum Gasteiger partial charge on any atom is -0.497 e. The molecule has 1 N–H and O–H groups in total. The van der Waals surface area contributed by atoms with E-state index < -0.39 is 17.0 Å². The van der Waals surface area contributed by atoms with Crippen molar-refractivity contribution in [1.82, 2.24) is 4.90 Å². The zero-order valence-electron chi connectivity index (χ0n) is 15.5. The largest absolute Gasteiger partial charge is 0.497 e. The molecule has 0 saturated carbocycles. The number of aliphatic imine (C=N–C) groups is 1. The highest BCUT2D eigenvalue weighted by atomic mass is 32.2. The van der Waals surface area contributed by atoms with Crippen molar-refractivity contribution in [2.24, 2.45) is 4.99 Å². The third kappa shape index (κ3) is 4.51. The van der Waals surface area contributed by atoms with Crippen LogP contribution >= 0.6 is 11.8 Å². The van der Waals surface area contributed by atoms with E-state index in [1.165, 1.54) is 23.9 Å². The zero-order chi connectivity index (χ0) is 20.1. The second kappa shape index (κ2) is 8.88. The number of anilines is 1. The summed E-state index contributed by atoms with van der Waals surface area (Å²) in [6.45, 7) is 2.30. The van der Waals surface area contributed by atoms with Gasteiger partial charge >= 0.3 is 0 Å². The van der Waals surface area contributed by atoms with Gasteiger partial charge in [0.2, 0.25) is 11.8 Å². The van der Waals surface area contributed by atoms with E-state index >= 15 is 0 Å². The standard InChI is InChI=1S/C20H20FN3O3S/c1-3-24-18(25)12-17(19(26)23-16-7-5-4-6-15(16)21)28-20(24)22-13-8-10-14(27-2)11-9-13/h4-11,17H,3,12H2,1-2H3,(H,23,26). The van der Waals surface area contributed by atoms with Crippen molar-refractivity contribution in [3.05, 3.63) is 54.3 Å². The maximum absolute atomic E-state index is 13.8. The summed E-state index contributed by atoms with van der Waals surface area (Å²) >= 11 is 1.20. The number of hydrogen-bond donors (Lipinski definition) is 1. The molecular weight excluding hydrogens is 381 g/mol. The van der Waals surface area contributed by atoms with Gasteiger partial charge in [-0.3, -0.25) is 14.5 Å². The molecule has 1 atom stereocenters. The number of hydrogen-bond acceptors (Lipinski definition) is 5. The number of amidine groups is 1. The Morgan fingerprint density at radius 1 is 1.29 bits per heavy atom. The number of carbonyl (C=O) groups excluding carboxylic acids is 2. The van der Waals surface area contributed by atoms with Crippen molar-refractivity contribution >= 4 is 40.1 Å². The molecule has 2 aromatic carbocycles. The predicted molar refractivity (Wildman–Crippen MR) is 109 cm³/mol. The number of rotatable bonds is 5. The highest BCUT2D eigenvalue weighted by molar-refractivity contribution is 8.15. The molecule has 0 bridgehead atoms. The molecule has 0 spiro atoms. The Hall–Kier alpha value is -2.87. The summed E-state index contributed by atoms with van der Waals surface area (Å²) in [5, 5.41) is 2.31. The number of nitrogens with zero attached hydrogens (tertiary/aromatic N) is 2. The first-order valence-electron chi connectivity index (χ1n) is 8.77. The summed E-state index contributed by atoms with van der Waals surface area (Å²) < 4.78 is 18.9. The van der Waals surface area contributed by atoms with Gasteiger partial charge in [0.25, 0.3) is 0 Å². The van der Waals surface area contributed by atoms with E-state index in [-0.39, 0.29) is 18.0 Å². The van der Waals surface area contributed by atoms with Gasteiger partial charge in [0.1, 0.15) is 16.8 Å². The number of amides is 2. The van der Waals surface area contributed by atoms with E-state index in [0.29, 0.717) is 23.1 Å². The van der Waals surface area contributed by atoms with Gasteiger partial charge in [-0.1, -0.05) is 23.9 Å². The SMILES string of the molecule is CCN1C(=O)CC(C(=O)Nc2ccccc2F)SC1=Nc1ccc(OC)cc1. The summed E-state index contributed by atoms with van der Waals surface area (Å²) in [7, 11) is 1.58. The fraction of sp³-hybridized carbons (Fsp3) is 0.250. The lowest BCUT2D eigenvalue weighted by Crippen LogP contribution is -2.45.